The number of rotatable bonds is 5. The lowest BCUT2D eigenvalue weighted by Gasteiger charge is -2.19. The Bertz CT molecular complexity index is 697. The number of hydrogen-bond acceptors (Lipinski definition) is 3. The van der Waals surface area contributed by atoms with Crippen LogP contribution in [0.5, 0.6) is 5.75 Å². The number of sulfonamides is 1. The van der Waals surface area contributed by atoms with Crippen LogP contribution in [0.2, 0.25) is 0 Å². The average Bonchev–Trinajstić information content (AvgIpc) is 2.48. The third kappa shape index (κ3) is 3.68. The summed E-state index contributed by atoms with van der Waals surface area (Å²) in [5.74, 6) is 0.661. The summed E-state index contributed by atoms with van der Waals surface area (Å²) in [5, 5.41) is 0. The summed E-state index contributed by atoms with van der Waals surface area (Å²) in [7, 11) is -2.01. The second-order valence-electron chi connectivity index (χ2n) is 4.35. The van der Waals surface area contributed by atoms with E-state index in [1.807, 2.05) is 19.1 Å². The Kier molecular flexibility index (Phi) is 5.10. The minimum atomic E-state index is -3.56. The quantitative estimate of drug-likeness (QED) is 0.700. The summed E-state index contributed by atoms with van der Waals surface area (Å²) in [4.78, 5) is 0.243. The Hall–Kier alpha value is -1.28. The second kappa shape index (κ2) is 6.65. The van der Waals surface area contributed by atoms with E-state index in [-0.39, 0.29) is 4.90 Å². The summed E-state index contributed by atoms with van der Waals surface area (Å²) < 4.78 is 32.8. The summed E-state index contributed by atoms with van der Waals surface area (Å²) in [5.41, 5.74) is 0.629. The molecule has 0 saturated carbocycles. The molecule has 0 heterocycles. The molecule has 2 aromatic carbocycles. The fraction of sp³-hybridized carbons (Fsp3) is 0.200. The number of halogens is 1. The average molecular weight is 417 g/mol. The molecular weight excluding hydrogens is 401 g/mol. The van der Waals surface area contributed by atoms with Crippen molar-refractivity contribution in [3.05, 3.63) is 52.1 Å². The highest BCUT2D eigenvalue weighted by atomic mass is 127. The van der Waals surface area contributed by atoms with Crippen LogP contribution in [0, 0.1) is 3.57 Å². The van der Waals surface area contributed by atoms with E-state index >= 15 is 0 Å². The zero-order valence-corrected chi connectivity index (χ0v) is 14.8. The fourth-order valence-electron chi connectivity index (χ4n) is 1.82. The topological polar surface area (TPSA) is 46.6 Å². The maximum absolute atomic E-state index is 12.6. The predicted octanol–water partition coefficient (Wildman–Crippen LogP) is 3.52. The summed E-state index contributed by atoms with van der Waals surface area (Å²) in [6.45, 7) is 2.43. The van der Waals surface area contributed by atoms with E-state index in [4.69, 9.17) is 4.74 Å². The zero-order valence-electron chi connectivity index (χ0n) is 11.8. The van der Waals surface area contributed by atoms with E-state index in [1.54, 1.807) is 43.4 Å². The molecule has 2 rings (SSSR count). The summed E-state index contributed by atoms with van der Waals surface area (Å²) >= 11 is 2.18. The van der Waals surface area contributed by atoms with E-state index in [0.29, 0.717) is 18.0 Å². The van der Waals surface area contributed by atoms with Crippen molar-refractivity contribution < 1.29 is 13.2 Å². The first-order valence-corrected chi connectivity index (χ1v) is 8.94. The lowest BCUT2D eigenvalue weighted by Crippen LogP contribution is -2.26. The molecule has 2 aromatic rings. The first-order chi connectivity index (χ1) is 9.95. The normalized spacial score (nSPS) is 11.2. The molecule has 0 N–H and O–H groups in total. The number of benzene rings is 2. The van der Waals surface area contributed by atoms with Crippen LogP contribution in [-0.4, -0.2) is 22.1 Å². The Morgan fingerprint density at radius 2 is 1.62 bits per heavy atom. The van der Waals surface area contributed by atoms with Gasteiger partial charge in [-0.3, -0.25) is 4.31 Å². The molecular formula is C15H16INO3S. The van der Waals surface area contributed by atoms with Gasteiger partial charge in [0.1, 0.15) is 5.75 Å². The molecule has 0 fully saturated rings. The molecule has 0 aromatic heterocycles. The highest BCUT2D eigenvalue weighted by molar-refractivity contribution is 14.1. The van der Waals surface area contributed by atoms with Crippen LogP contribution in [0.25, 0.3) is 0 Å². The molecule has 112 valence electrons. The second-order valence-corrected chi connectivity index (χ2v) is 7.57. The molecule has 0 radical (unpaired) electrons. The van der Waals surface area contributed by atoms with Gasteiger partial charge in [0.15, 0.2) is 0 Å². The number of hydrogen-bond donors (Lipinski definition) is 0. The molecule has 0 spiro atoms. The van der Waals surface area contributed by atoms with Crippen molar-refractivity contribution in [2.75, 3.05) is 18.0 Å². The third-order valence-electron chi connectivity index (χ3n) is 2.98. The van der Waals surface area contributed by atoms with Crippen LogP contribution in [0.3, 0.4) is 0 Å². The molecule has 0 aliphatic rings. The van der Waals surface area contributed by atoms with E-state index in [1.165, 1.54) is 4.31 Å². The SMILES string of the molecule is CCOc1ccc(S(=O)(=O)N(C)c2ccc(I)cc2)cc1. The van der Waals surface area contributed by atoms with Crippen molar-refractivity contribution in [1.82, 2.24) is 0 Å². The van der Waals surface area contributed by atoms with Gasteiger partial charge in [0, 0.05) is 10.6 Å². The van der Waals surface area contributed by atoms with E-state index in [2.05, 4.69) is 22.6 Å². The van der Waals surface area contributed by atoms with Crippen molar-refractivity contribution in [2.45, 2.75) is 11.8 Å². The molecule has 6 heteroatoms. The first-order valence-electron chi connectivity index (χ1n) is 6.42. The number of nitrogens with zero attached hydrogens (tertiary/aromatic N) is 1. The predicted molar refractivity (Wildman–Crippen MR) is 92.4 cm³/mol. The Balaban J connectivity index is 2.30. The van der Waals surface area contributed by atoms with Crippen molar-refractivity contribution in [1.29, 1.82) is 0 Å². The molecule has 0 aliphatic heterocycles. The van der Waals surface area contributed by atoms with Gasteiger partial charge >= 0.3 is 0 Å². The first kappa shape index (κ1) is 16.1. The van der Waals surface area contributed by atoms with Crippen LogP contribution < -0.4 is 9.04 Å². The number of ether oxygens (including phenoxy) is 1. The maximum Gasteiger partial charge on any atom is 0.264 e. The molecule has 0 aliphatic carbocycles. The van der Waals surface area contributed by atoms with Crippen LogP contribution in [0.15, 0.2) is 53.4 Å². The van der Waals surface area contributed by atoms with Gasteiger partial charge in [-0.05, 0) is 78.0 Å². The molecule has 0 amide bonds. The molecule has 0 bridgehead atoms. The minimum Gasteiger partial charge on any atom is -0.494 e. The molecule has 4 nitrogen and oxygen atoms in total. The highest BCUT2D eigenvalue weighted by Gasteiger charge is 2.21. The van der Waals surface area contributed by atoms with Crippen LogP contribution >= 0.6 is 22.6 Å². The van der Waals surface area contributed by atoms with Crippen LogP contribution in [0.4, 0.5) is 5.69 Å². The van der Waals surface area contributed by atoms with Gasteiger partial charge in [-0.1, -0.05) is 0 Å². The third-order valence-corrected chi connectivity index (χ3v) is 5.50. The van der Waals surface area contributed by atoms with Crippen molar-refractivity contribution in [3.8, 4) is 5.75 Å². The van der Waals surface area contributed by atoms with Gasteiger partial charge in [0.25, 0.3) is 10.0 Å². The van der Waals surface area contributed by atoms with Crippen molar-refractivity contribution >= 4 is 38.3 Å². The Morgan fingerprint density at radius 1 is 1.05 bits per heavy atom. The zero-order chi connectivity index (χ0) is 15.5. The van der Waals surface area contributed by atoms with E-state index < -0.39 is 10.0 Å². The molecule has 0 atom stereocenters. The van der Waals surface area contributed by atoms with Crippen LogP contribution in [-0.2, 0) is 10.0 Å². The summed E-state index contributed by atoms with van der Waals surface area (Å²) in [6, 6.07) is 13.8. The standard InChI is InChI=1S/C15H16INO3S/c1-3-20-14-8-10-15(11-9-14)21(18,19)17(2)13-6-4-12(16)5-7-13/h4-11H,3H2,1-2H3. The van der Waals surface area contributed by atoms with Gasteiger partial charge < -0.3 is 4.74 Å². The van der Waals surface area contributed by atoms with Gasteiger partial charge in [0.05, 0.1) is 17.2 Å². The molecule has 21 heavy (non-hydrogen) atoms. The summed E-state index contributed by atoms with van der Waals surface area (Å²) in [6.07, 6.45) is 0. The van der Waals surface area contributed by atoms with Crippen molar-refractivity contribution in [3.63, 3.8) is 0 Å². The monoisotopic (exact) mass is 417 g/mol. The minimum absolute atomic E-state index is 0.243. The number of anilines is 1. The van der Waals surface area contributed by atoms with Gasteiger partial charge in [0.2, 0.25) is 0 Å². The Morgan fingerprint density at radius 3 is 2.14 bits per heavy atom. The van der Waals surface area contributed by atoms with Gasteiger partial charge in [-0.2, -0.15) is 0 Å². The van der Waals surface area contributed by atoms with E-state index in [9.17, 15) is 8.42 Å². The Labute approximate surface area is 138 Å². The fourth-order valence-corrected chi connectivity index (χ4v) is 3.38. The van der Waals surface area contributed by atoms with Crippen LogP contribution in [0.1, 0.15) is 6.92 Å². The smallest absolute Gasteiger partial charge is 0.264 e. The lowest BCUT2D eigenvalue weighted by molar-refractivity contribution is 0.340. The largest absolute Gasteiger partial charge is 0.494 e. The maximum atomic E-state index is 12.6. The molecule has 0 unspecified atom stereocenters. The van der Waals surface area contributed by atoms with Crippen molar-refractivity contribution in [2.24, 2.45) is 0 Å². The lowest BCUT2D eigenvalue weighted by atomic mass is 10.3. The van der Waals surface area contributed by atoms with Gasteiger partial charge in [-0.15, -0.1) is 0 Å². The van der Waals surface area contributed by atoms with E-state index in [0.717, 1.165) is 3.57 Å². The molecule has 0 saturated heterocycles. The highest BCUT2D eigenvalue weighted by Crippen LogP contribution is 2.24. The van der Waals surface area contributed by atoms with Gasteiger partial charge in [-0.25, -0.2) is 8.42 Å².